The molecule has 1 heterocycles. The Balaban J connectivity index is 1.81. The van der Waals surface area contributed by atoms with Crippen molar-refractivity contribution in [3.63, 3.8) is 0 Å². The molecule has 0 unspecified atom stereocenters. The zero-order valence-corrected chi connectivity index (χ0v) is 15.6. The van der Waals surface area contributed by atoms with E-state index in [0.29, 0.717) is 16.6 Å². The molecule has 0 spiro atoms. The topological polar surface area (TPSA) is 93.3 Å². The van der Waals surface area contributed by atoms with E-state index in [-0.39, 0.29) is 21.9 Å². The van der Waals surface area contributed by atoms with Crippen LogP contribution in [0.15, 0.2) is 82.8 Å². The molecule has 0 fully saturated rings. The summed E-state index contributed by atoms with van der Waals surface area (Å²) >= 11 is 0. The molecule has 0 saturated heterocycles. The first kappa shape index (κ1) is 17.9. The minimum absolute atomic E-state index is 0.0332. The zero-order valence-electron chi connectivity index (χ0n) is 14.7. The van der Waals surface area contributed by atoms with E-state index in [1.165, 1.54) is 6.07 Å². The van der Waals surface area contributed by atoms with Gasteiger partial charge in [0.1, 0.15) is 11.3 Å². The highest BCUT2D eigenvalue weighted by Crippen LogP contribution is 2.29. The molecule has 0 atom stereocenters. The molecule has 7 heteroatoms. The van der Waals surface area contributed by atoms with E-state index in [4.69, 9.17) is 0 Å². The average molecular weight is 392 g/mol. The molecule has 0 radical (unpaired) electrons. The Kier molecular flexibility index (Phi) is 4.44. The van der Waals surface area contributed by atoms with Gasteiger partial charge in [-0.25, -0.2) is 13.0 Å². The molecule has 140 valence electrons. The SMILES string of the molecule is C=C(O)c1ccc(-c2ccccc2)cc1CS(=O)(=O)c1cccc2nonc12. The third kappa shape index (κ3) is 3.27. The smallest absolute Gasteiger partial charge is 0.184 e. The number of aliphatic hydroxyl groups excluding tert-OH is 1. The summed E-state index contributed by atoms with van der Waals surface area (Å²) in [5, 5.41) is 17.4. The van der Waals surface area contributed by atoms with Crippen molar-refractivity contribution in [2.24, 2.45) is 0 Å². The van der Waals surface area contributed by atoms with Crippen LogP contribution in [0.1, 0.15) is 11.1 Å². The minimum Gasteiger partial charge on any atom is -0.508 e. The van der Waals surface area contributed by atoms with E-state index < -0.39 is 9.84 Å². The molecule has 0 bridgehead atoms. The summed E-state index contributed by atoms with van der Waals surface area (Å²) in [6.07, 6.45) is 0. The highest BCUT2D eigenvalue weighted by molar-refractivity contribution is 7.90. The summed E-state index contributed by atoms with van der Waals surface area (Å²) in [7, 11) is -3.78. The van der Waals surface area contributed by atoms with Gasteiger partial charge in [0, 0.05) is 5.56 Å². The molecule has 1 aromatic heterocycles. The fourth-order valence-electron chi connectivity index (χ4n) is 3.12. The van der Waals surface area contributed by atoms with Crippen molar-refractivity contribution in [1.82, 2.24) is 10.3 Å². The number of fused-ring (bicyclic) bond motifs is 1. The Morgan fingerprint density at radius 3 is 2.50 bits per heavy atom. The quantitative estimate of drug-likeness (QED) is 0.506. The number of benzene rings is 3. The first-order chi connectivity index (χ1) is 13.5. The predicted molar refractivity (Wildman–Crippen MR) is 106 cm³/mol. The van der Waals surface area contributed by atoms with Gasteiger partial charge in [-0.3, -0.25) is 0 Å². The lowest BCUT2D eigenvalue weighted by Crippen LogP contribution is -2.08. The van der Waals surface area contributed by atoms with Gasteiger partial charge in [-0.15, -0.1) is 0 Å². The van der Waals surface area contributed by atoms with Crippen molar-refractivity contribution < 1.29 is 18.2 Å². The fraction of sp³-hybridized carbons (Fsp3) is 0.0476. The number of rotatable bonds is 5. The number of sulfone groups is 1. The normalized spacial score (nSPS) is 11.6. The van der Waals surface area contributed by atoms with Crippen molar-refractivity contribution >= 4 is 26.6 Å². The van der Waals surface area contributed by atoms with Gasteiger partial charge in [0.2, 0.25) is 0 Å². The molecule has 0 saturated carbocycles. The second-order valence-electron chi connectivity index (χ2n) is 6.33. The largest absolute Gasteiger partial charge is 0.508 e. The summed E-state index contributed by atoms with van der Waals surface area (Å²) in [6.45, 7) is 3.56. The van der Waals surface area contributed by atoms with Gasteiger partial charge >= 0.3 is 0 Å². The van der Waals surface area contributed by atoms with E-state index >= 15 is 0 Å². The second-order valence-corrected chi connectivity index (χ2v) is 8.29. The van der Waals surface area contributed by atoms with Crippen molar-refractivity contribution in [3.8, 4) is 11.1 Å². The molecule has 4 aromatic rings. The summed E-state index contributed by atoms with van der Waals surface area (Å²) in [4.78, 5) is 0.0332. The Hall–Kier alpha value is -3.45. The number of aromatic nitrogens is 2. The van der Waals surface area contributed by atoms with Crippen molar-refractivity contribution in [2.75, 3.05) is 0 Å². The molecule has 0 aliphatic heterocycles. The summed E-state index contributed by atoms with van der Waals surface area (Å²) in [5.41, 5.74) is 3.17. The average Bonchev–Trinajstić information content (AvgIpc) is 3.16. The Morgan fingerprint density at radius 1 is 0.964 bits per heavy atom. The third-order valence-electron chi connectivity index (χ3n) is 4.45. The zero-order chi connectivity index (χ0) is 19.7. The van der Waals surface area contributed by atoms with Crippen molar-refractivity contribution in [3.05, 3.63) is 84.4 Å². The Labute approximate surface area is 161 Å². The molecule has 0 amide bonds. The van der Waals surface area contributed by atoms with E-state index in [2.05, 4.69) is 21.5 Å². The molecule has 0 aliphatic rings. The van der Waals surface area contributed by atoms with Gasteiger partial charge in [0.25, 0.3) is 0 Å². The van der Waals surface area contributed by atoms with E-state index in [1.54, 1.807) is 24.3 Å². The molecule has 28 heavy (non-hydrogen) atoms. The lowest BCUT2D eigenvalue weighted by molar-refractivity contribution is 0.315. The van der Waals surface area contributed by atoms with Crippen LogP contribution in [-0.2, 0) is 15.6 Å². The lowest BCUT2D eigenvalue weighted by Gasteiger charge is -2.12. The van der Waals surface area contributed by atoms with Crippen molar-refractivity contribution in [1.29, 1.82) is 0 Å². The van der Waals surface area contributed by atoms with Crippen LogP contribution in [0.3, 0.4) is 0 Å². The monoisotopic (exact) mass is 392 g/mol. The Bertz CT molecular complexity index is 1280. The van der Waals surface area contributed by atoms with Gasteiger partial charge in [-0.2, -0.15) is 0 Å². The van der Waals surface area contributed by atoms with Crippen LogP contribution in [0, 0.1) is 0 Å². The number of nitrogens with zero attached hydrogens (tertiary/aromatic N) is 2. The molecule has 1 N–H and O–H groups in total. The van der Waals surface area contributed by atoms with Crippen LogP contribution in [0.2, 0.25) is 0 Å². The van der Waals surface area contributed by atoms with Crippen LogP contribution in [0.25, 0.3) is 27.9 Å². The van der Waals surface area contributed by atoms with Gasteiger partial charge in [-0.05, 0) is 45.2 Å². The molecular weight excluding hydrogens is 376 g/mol. The number of aliphatic hydroxyl groups is 1. The molecule has 4 rings (SSSR count). The van der Waals surface area contributed by atoms with Crippen LogP contribution in [-0.4, -0.2) is 23.8 Å². The lowest BCUT2D eigenvalue weighted by atomic mass is 9.99. The summed E-state index contributed by atoms with van der Waals surface area (Å²) < 4.78 is 30.9. The highest BCUT2D eigenvalue weighted by atomic mass is 32.2. The molecule has 3 aromatic carbocycles. The van der Waals surface area contributed by atoms with Gasteiger partial charge in [-0.1, -0.05) is 55.1 Å². The van der Waals surface area contributed by atoms with Crippen LogP contribution >= 0.6 is 0 Å². The first-order valence-electron chi connectivity index (χ1n) is 8.46. The maximum absolute atomic E-state index is 13.1. The first-order valence-corrected chi connectivity index (χ1v) is 10.1. The Morgan fingerprint density at radius 2 is 1.75 bits per heavy atom. The van der Waals surface area contributed by atoms with E-state index in [0.717, 1.165) is 11.1 Å². The second kappa shape index (κ2) is 6.94. The fourth-order valence-corrected chi connectivity index (χ4v) is 4.65. The predicted octanol–water partition coefficient (Wildman–Crippen LogP) is 4.39. The summed E-state index contributed by atoms with van der Waals surface area (Å²) in [6, 6.07) is 19.5. The highest BCUT2D eigenvalue weighted by Gasteiger charge is 2.23. The van der Waals surface area contributed by atoms with Gasteiger partial charge < -0.3 is 5.11 Å². The van der Waals surface area contributed by atoms with Crippen LogP contribution in [0.4, 0.5) is 0 Å². The number of hydrogen-bond donors (Lipinski definition) is 1. The maximum Gasteiger partial charge on any atom is 0.184 e. The molecule has 0 aliphatic carbocycles. The van der Waals surface area contributed by atoms with E-state index in [1.807, 2.05) is 36.4 Å². The standard InChI is InChI=1S/C21H16N2O4S/c1-14(24)18-11-10-16(15-6-3-2-4-7-15)12-17(18)13-28(25,26)20-9-5-8-19-21(20)23-27-22-19/h2-12,24H,1,13H2. The van der Waals surface area contributed by atoms with Crippen LogP contribution in [0.5, 0.6) is 0 Å². The molecule has 6 nitrogen and oxygen atoms in total. The number of hydrogen-bond acceptors (Lipinski definition) is 6. The third-order valence-corrected chi connectivity index (χ3v) is 6.14. The van der Waals surface area contributed by atoms with Crippen molar-refractivity contribution in [2.45, 2.75) is 10.6 Å². The molecular formula is C21H16N2O4S. The van der Waals surface area contributed by atoms with Crippen LogP contribution < -0.4 is 0 Å². The minimum atomic E-state index is -3.78. The summed E-state index contributed by atoms with van der Waals surface area (Å²) in [5.74, 6) is -0.514. The van der Waals surface area contributed by atoms with E-state index in [9.17, 15) is 13.5 Å². The van der Waals surface area contributed by atoms with Gasteiger partial charge in [0.15, 0.2) is 15.4 Å². The maximum atomic E-state index is 13.1. The van der Waals surface area contributed by atoms with Gasteiger partial charge in [0.05, 0.1) is 10.6 Å².